The Hall–Kier alpha value is -1.08. The van der Waals surface area contributed by atoms with Gasteiger partial charge < -0.3 is 5.11 Å². The van der Waals surface area contributed by atoms with E-state index in [0.29, 0.717) is 18.9 Å². The first kappa shape index (κ1) is 11.9. The van der Waals surface area contributed by atoms with Gasteiger partial charge in [0.15, 0.2) is 0 Å². The third-order valence-corrected chi connectivity index (χ3v) is 1.52. The maximum absolute atomic E-state index is 10.4. The zero-order valence-corrected chi connectivity index (χ0v) is 8.16. The molecule has 13 heavy (non-hydrogen) atoms. The second-order valence-corrected chi connectivity index (χ2v) is 3.43. The van der Waals surface area contributed by atoms with Gasteiger partial charge in [-0.15, -0.1) is 0 Å². The summed E-state index contributed by atoms with van der Waals surface area (Å²) in [5, 5.41) is 16.9. The highest BCUT2D eigenvalue weighted by molar-refractivity contribution is 5.69. The lowest BCUT2D eigenvalue weighted by molar-refractivity contribution is -0.138. The minimum atomic E-state index is -0.835. The van der Waals surface area contributed by atoms with Crippen LogP contribution in [0.5, 0.6) is 0 Å². The molecule has 0 amide bonds. The molecule has 4 heteroatoms. The molecule has 0 radical (unpaired) electrons. The molecule has 0 aromatic rings. The third-order valence-electron chi connectivity index (χ3n) is 1.52. The molecule has 0 aliphatic heterocycles. The average Bonchev–Trinajstić information content (AvgIpc) is 1.98. The minimum absolute atomic E-state index is 0.0276. The van der Waals surface area contributed by atoms with Gasteiger partial charge in [0.2, 0.25) is 0 Å². The molecule has 0 aromatic carbocycles. The van der Waals surface area contributed by atoms with Gasteiger partial charge in [-0.3, -0.25) is 9.69 Å². The maximum atomic E-state index is 10.4. The van der Waals surface area contributed by atoms with Gasteiger partial charge in [-0.25, -0.2) is 0 Å². The SMILES string of the molecule is CC(C)CN(CCC#N)CC(=O)O. The highest BCUT2D eigenvalue weighted by atomic mass is 16.4. The molecule has 74 valence electrons. The van der Waals surface area contributed by atoms with Crippen LogP contribution in [0, 0.1) is 17.2 Å². The van der Waals surface area contributed by atoms with Gasteiger partial charge in [-0.05, 0) is 5.92 Å². The van der Waals surface area contributed by atoms with Crippen LogP contribution in [-0.4, -0.2) is 35.6 Å². The van der Waals surface area contributed by atoms with Crippen LogP contribution in [0.3, 0.4) is 0 Å². The fourth-order valence-electron chi connectivity index (χ4n) is 1.15. The monoisotopic (exact) mass is 184 g/mol. The highest BCUT2D eigenvalue weighted by Crippen LogP contribution is 1.99. The molecule has 4 nitrogen and oxygen atoms in total. The molecule has 0 saturated heterocycles. The minimum Gasteiger partial charge on any atom is -0.480 e. The van der Waals surface area contributed by atoms with Crippen LogP contribution in [0.4, 0.5) is 0 Å². The fourth-order valence-corrected chi connectivity index (χ4v) is 1.15. The standard InChI is InChI=1S/C9H16N2O2/c1-8(2)6-11(5-3-4-10)7-9(12)13/h8H,3,5-7H2,1-2H3,(H,12,13). The molecule has 0 aliphatic rings. The topological polar surface area (TPSA) is 64.3 Å². The summed E-state index contributed by atoms with van der Waals surface area (Å²) in [4.78, 5) is 12.2. The van der Waals surface area contributed by atoms with Gasteiger partial charge in [-0.1, -0.05) is 13.8 Å². The van der Waals surface area contributed by atoms with E-state index in [-0.39, 0.29) is 6.54 Å². The molecule has 0 unspecified atom stereocenters. The first-order chi connectivity index (χ1) is 6.06. The van der Waals surface area contributed by atoms with Crippen LogP contribution in [0.1, 0.15) is 20.3 Å². The van der Waals surface area contributed by atoms with E-state index >= 15 is 0 Å². The Morgan fingerprint density at radius 1 is 1.62 bits per heavy atom. The number of carboxylic acid groups (broad SMARTS) is 1. The van der Waals surface area contributed by atoms with Crippen molar-refractivity contribution >= 4 is 5.97 Å². The van der Waals surface area contributed by atoms with Crippen molar-refractivity contribution in [3.05, 3.63) is 0 Å². The molecule has 0 fully saturated rings. The van der Waals surface area contributed by atoms with Gasteiger partial charge in [0.1, 0.15) is 0 Å². The predicted octanol–water partition coefficient (Wildman–Crippen LogP) is 0.943. The van der Waals surface area contributed by atoms with Crippen LogP contribution < -0.4 is 0 Å². The highest BCUT2D eigenvalue weighted by Gasteiger charge is 2.10. The van der Waals surface area contributed by atoms with Crippen molar-refractivity contribution in [3.63, 3.8) is 0 Å². The Morgan fingerprint density at radius 3 is 2.62 bits per heavy atom. The number of hydrogen-bond donors (Lipinski definition) is 1. The van der Waals surface area contributed by atoms with Crippen LogP contribution >= 0.6 is 0 Å². The van der Waals surface area contributed by atoms with E-state index in [1.165, 1.54) is 0 Å². The van der Waals surface area contributed by atoms with E-state index in [4.69, 9.17) is 10.4 Å². The molecule has 0 aliphatic carbocycles. The summed E-state index contributed by atoms with van der Waals surface area (Å²) in [6.45, 7) is 5.36. The quantitative estimate of drug-likeness (QED) is 0.667. The summed E-state index contributed by atoms with van der Waals surface area (Å²) in [6.07, 6.45) is 0.389. The molecule has 0 rings (SSSR count). The molecule has 0 aromatic heterocycles. The van der Waals surface area contributed by atoms with Crippen molar-refractivity contribution in [2.24, 2.45) is 5.92 Å². The van der Waals surface area contributed by atoms with Crippen molar-refractivity contribution in [1.29, 1.82) is 5.26 Å². The molecular formula is C9H16N2O2. The van der Waals surface area contributed by atoms with Crippen molar-refractivity contribution in [2.75, 3.05) is 19.6 Å². The molecule has 0 atom stereocenters. The Morgan fingerprint density at radius 2 is 2.23 bits per heavy atom. The van der Waals surface area contributed by atoms with Gasteiger partial charge in [0.05, 0.1) is 12.6 Å². The number of nitriles is 1. The molecule has 1 N–H and O–H groups in total. The zero-order valence-electron chi connectivity index (χ0n) is 8.16. The Balaban J connectivity index is 3.88. The summed E-state index contributed by atoms with van der Waals surface area (Å²) >= 11 is 0. The number of hydrogen-bond acceptors (Lipinski definition) is 3. The first-order valence-corrected chi connectivity index (χ1v) is 4.37. The van der Waals surface area contributed by atoms with Gasteiger partial charge in [0.25, 0.3) is 0 Å². The molecule has 0 saturated carbocycles. The van der Waals surface area contributed by atoms with E-state index in [2.05, 4.69) is 0 Å². The molecular weight excluding hydrogens is 168 g/mol. The van der Waals surface area contributed by atoms with Crippen molar-refractivity contribution in [2.45, 2.75) is 20.3 Å². The summed E-state index contributed by atoms with van der Waals surface area (Å²) in [5.41, 5.74) is 0. The number of nitrogens with zero attached hydrogens (tertiary/aromatic N) is 2. The number of rotatable bonds is 6. The molecule has 0 bridgehead atoms. The third kappa shape index (κ3) is 7.29. The van der Waals surface area contributed by atoms with Gasteiger partial charge in [0, 0.05) is 19.5 Å². The number of carboxylic acids is 1. The predicted molar refractivity (Wildman–Crippen MR) is 49.1 cm³/mol. The van der Waals surface area contributed by atoms with Crippen molar-refractivity contribution in [1.82, 2.24) is 4.90 Å². The lowest BCUT2D eigenvalue weighted by Crippen LogP contribution is -2.33. The smallest absolute Gasteiger partial charge is 0.317 e. The van der Waals surface area contributed by atoms with Crippen molar-refractivity contribution < 1.29 is 9.90 Å². The van der Waals surface area contributed by atoms with E-state index in [0.717, 1.165) is 6.54 Å². The Kier molecular flexibility index (Phi) is 5.90. The molecule has 0 heterocycles. The zero-order chi connectivity index (χ0) is 10.3. The second kappa shape index (κ2) is 6.44. The number of carbonyl (C=O) groups is 1. The van der Waals surface area contributed by atoms with Gasteiger partial charge in [-0.2, -0.15) is 5.26 Å². The van der Waals surface area contributed by atoms with Gasteiger partial charge >= 0.3 is 5.97 Å². The Labute approximate surface area is 78.8 Å². The van der Waals surface area contributed by atoms with Crippen molar-refractivity contribution in [3.8, 4) is 6.07 Å². The number of aliphatic carboxylic acids is 1. The van der Waals surface area contributed by atoms with Crippen LogP contribution in [0.15, 0.2) is 0 Å². The summed E-state index contributed by atoms with van der Waals surface area (Å²) in [7, 11) is 0. The van der Waals surface area contributed by atoms with E-state index in [1.54, 1.807) is 4.90 Å². The summed E-state index contributed by atoms with van der Waals surface area (Å²) in [6, 6.07) is 2.01. The first-order valence-electron chi connectivity index (χ1n) is 4.37. The molecule has 0 spiro atoms. The van der Waals surface area contributed by atoms with E-state index in [9.17, 15) is 4.79 Å². The van der Waals surface area contributed by atoms with Crippen LogP contribution in [-0.2, 0) is 4.79 Å². The normalized spacial score (nSPS) is 10.4. The fraction of sp³-hybridized carbons (Fsp3) is 0.778. The Bertz CT molecular complexity index is 196. The lowest BCUT2D eigenvalue weighted by atomic mass is 10.2. The average molecular weight is 184 g/mol. The van der Waals surface area contributed by atoms with Crippen LogP contribution in [0.25, 0.3) is 0 Å². The van der Waals surface area contributed by atoms with Crippen LogP contribution in [0.2, 0.25) is 0 Å². The summed E-state index contributed by atoms with van der Waals surface area (Å²) < 4.78 is 0. The summed E-state index contributed by atoms with van der Waals surface area (Å²) in [5.74, 6) is -0.406. The van der Waals surface area contributed by atoms with E-state index < -0.39 is 5.97 Å². The largest absolute Gasteiger partial charge is 0.480 e. The second-order valence-electron chi connectivity index (χ2n) is 3.43. The maximum Gasteiger partial charge on any atom is 0.317 e. The lowest BCUT2D eigenvalue weighted by Gasteiger charge is -2.20. The van der Waals surface area contributed by atoms with E-state index in [1.807, 2.05) is 19.9 Å².